The van der Waals surface area contributed by atoms with Crippen LogP contribution in [0.25, 0.3) is 33.3 Å². The molecule has 2 aromatic carbocycles. The van der Waals surface area contributed by atoms with Gasteiger partial charge in [-0.25, -0.2) is 13.4 Å². The summed E-state index contributed by atoms with van der Waals surface area (Å²) >= 11 is 1.15. The van der Waals surface area contributed by atoms with Crippen LogP contribution < -0.4 is 4.72 Å². The van der Waals surface area contributed by atoms with Crippen molar-refractivity contribution in [3.8, 4) is 22.4 Å². The van der Waals surface area contributed by atoms with Crippen LogP contribution in [-0.4, -0.2) is 34.9 Å². The molecule has 5 aromatic rings. The minimum Gasteiger partial charge on any atom is -0.375 e. The smallest absolute Gasteiger partial charge is 0.375 e. The van der Waals surface area contributed by atoms with Crippen molar-refractivity contribution in [2.45, 2.75) is 24.1 Å². The number of aryl methyl sites for hydroxylation is 2. The summed E-state index contributed by atoms with van der Waals surface area (Å²) in [6.07, 6.45) is -1.50. The second-order valence-electron chi connectivity index (χ2n) is 8.99. The Kier molecular flexibility index (Phi) is 6.77. The van der Waals surface area contributed by atoms with Crippen LogP contribution in [0.5, 0.6) is 0 Å². The third kappa shape index (κ3) is 5.04. The standard InChI is InChI=1S/C26H24F3N5O3S2/c1-15(37-4)22-14-38-25(31-22)32-39(35,36)17-6-8-19-21(13-33(2)24(19)12-17)18-7-5-16(26(27,28)29)11-20(18)23-9-10-30-34(23)3/h5-15H,1-4H3,(H,31,32)/t15-/m1/s1. The third-order valence-electron chi connectivity index (χ3n) is 6.52. The molecule has 13 heteroatoms. The average Bonchev–Trinajstić information content (AvgIpc) is 3.61. The van der Waals surface area contributed by atoms with E-state index in [-0.39, 0.29) is 16.1 Å². The summed E-state index contributed by atoms with van der Waals surface area (Å²) in [5.41, 5.74) is 2.54. The number of nitrogens with zero attached hydrogens (tertiary/aromatic N) is 4. The topological polar surface area (TPSA) is 91.0 Å². The van der Waals surface area contributed by atoms with E-state index in [4.69, 9.17) is 4.74 Å². The molecule has 39 heavy (non-hydrogen) atoms. The SMILES string of the molecule is CO[C@H](C)c1csc(NS(=O)(=O)c2ccc3c(-c4ccc(C(F)(F)F)cc4-c4ccnn4C)cn(C)c3c2)n1. The van der Waals surface area contributed by atoms with E-state index < -0.39 is 21.8 Å². The van der Waals surface area contributed by atoms with Crippen LogP contribution in [0.15, 0.2) is 65.1 Å². The lowest BCUT2D eigenvalue weighted by Gasteiger charge is -2.14. The maximum Gasteiger partial charge on any atom is 0.416 e. The zero-order chi connectivity index (χ0) is 28.1. The van der Waals surface area contributed by atoms with Gasteiger partial charge in [-0.05, 0) is 42.8 Å². The predicted molar refractivity (Wildman–Crippen MR) is 144 cm³/mol. The molecular formula is C26H24F3N5O3S2. The highest BCUT2D eigenvalue weighted by atomic mass is 32.2. The number of thiazole rings is 1. The first-order valence-electron chi connectivity index (χ1n) is 11.7. The van der Waals surface area contributed by atoms with E-state index in [1.54, 1.807) is 49.5 Å². The maximum absolute atomic E-state index is 13.6. The number of anilines is 1. The molecule has 5 rings (SSSR count). The van der Waals surface area contributed by atoms with E-state index in [9.17, 15) is 21.6 Å². The molecule has 0 fully saturated rings. The average molecular weight is 576 g/mol. The van der Waals surface area contributed by atoms with Crippen LogP contribution in [0, 0.1) is 0 Å². The molecule has 8 nitrogen and oxygen atoms in total. The van der Waals surface area contributed by atoms with Gasteiger partial charge in [0.1, 0.15) is 0 Å². The highest BCUT2D eigenvalue weighted by molar-refractivity contribution is 7.93. The fourth-order valence-corrected chi connectivity index (χ4v) is 6.43. The number of fused-ring (bicyclic) bond motifs is 1. The van der Waals surface area contributed by atoms with Gasteiger partial charge in [0.25, 0.3) is 10.0 Å². The van der Waals surface area contributed by atoms with Crippen LogP contribution in [-0.2, 0) is 35.0 Å². The summed E-state index contributed by atoms with van der Waals surface area (Å²) < 4.78 is 78.0. The molecule has 0 spiro atoms. The van der Waals surface area contributed by atoms with Crippen molar-refractivity contribution in [1.29, 1.82) is 0 Å². The second kappa shape index (κ2) is 9.81. The van der Waals surface area contributed by atoms with Crippen molar-refractivity contribution in [2.75, 3.05) is 11.8 Å². The molecule has 0 aliphatic heterocycles. The van der Waals surface area contributed by atoms with Crippen LogP contribution in [0.4, 0.5) is 18.3 Å². The van der Waals surface area contributed by atoms with Crippen molar-refractivity contribution in [1.82, 2.24) is 19.3 Å². The van der Waals surface area contributed by atoms with E-state index in [2.05, 4.69) is 14.8 Å². The minimum atomic E-state index is -4.51. The third-order valence-corrected chi connectivity index (χ3v) is 8.76. The van der Waals surface area contributed by atoms with Crippen LogP contribution >= 0.6 is 11.3 Å². The first-order chi connectivity index (χ1) is 18.4. The summed E-state index contributed by atoms with van der Waals surface area (Å²) in [5.74, 6) is 0. The molecule has 3 aromatic heterocycles. The molecule has 0 aliphatic carbocycles. The molecule has 0 radical (unpaired) electrons. The van der Waals surface area contributed by atoms with E-state index in [1.165, 1.54) is 29.1 Å². The number of hydrogen-bond acceptors (Lipinski definition) is 6. The zero-order valence-corrected chi connectivity index (χ0v) is 22.9. The Bertz CT molecular complexity index is 1790. The number of halogens is 3. The highest BCUT2D eigenvalue weighted by Gasteiger charge is 2.32. The van der Waals surface area contributed by atoms with Crippen LogP contribution in [0.2, 0.25) is 0 Å². The summed E-state index contributed by atoms with van der Waals surface area (Å²) in [6, 6.07) is 9.90. The molecule has 3 heterocycles. The van der Waals surface area contributed by atoms with Gasteiger partial charge in [-0.1, -0.05) is 12.1 Å². The Morgan fingerprint density at radius 2 is 1.82 bits per heavy atom. The van der Waals surface area contributed by atoms with Crippen LogP contribution in [0.1, 0.15) is 24.3 Å². The monoisotopic (exact) mass is 575 g/mol. The van der Waals surface area contributed by atoms with Gasteiger partial charge in [0, 0.05) is 61.0 Å². The van der Waals surface area contributed by atoms with Crippen LogP contribution in [0.3, 0.4) is 0 Å². The highest BCUT2D eigenvalue weighted by Crippen LogP contribution is 2.41. The first-order valence-corrected chi connectivity index (χ1v) is 14.1. The van der Waals surface area contributed by atoms with E-state index in [0.29, 0.717) is 39.0 Å². The number of methoxy groups -OCH3 is 1. The van der Waals surface area contributed by atoms with Gasteiger partial charge >= 0.3 is 6.18 Å². The number of ether oxygens (including phenoxy) is 1. The number of alkyl halides is 3. The molecule has 0 amide bonds. The van der Waals surface area contributed by atoms with Gasteiger partial charge in [-0.2, -0.15) is 18.3 Å². The summed E-state index contributed by atoms with van der Waals surface area (Å²) in [7, 11) is 0.997. The molecule has 0 saturated heterocycles. The van der Waals surface area contributed by atoms with Gasteiger partial charge in [-0.3, -0.25) is 9.40 Å². The van der Waals surface area contributed by atoms with Gasteiger partial charge in [0.15, 0.2) is 5.13 Å². The second-order valence-corrected chi connectivity index (χ2v) is 11.5. The van der Waals surface area contributed by atoms with E-state index in [1.807, 2.05) is 6.92 Å². The van der Waals surface area contributed by atoms with Crippen molar-refractivity contribution in [3.63, 3.8) is 0 Å². The Balaban J connectivity index is 1.58. The number of aromatic nitrogens is 4. The van der Waals surface area contributed by atoms with Gasteiger partial charge in [0.05, 0.1) is 28.0 Å². The Morgan fingerprint density at radius 3 is 2.49 bits per heavy atom. The largest absolute Gasteiger partial charge is 0.416 e. The molecule has 0 unspecified atom stereocenters. The Hall–Kier alpha value is -3.68. The molecule has 204 valence electrons. The first kappa shape index (κ1) is 26.9. The lowest BCUT2D eigenvalue weighted by atomic mass is 9.95. The zero-order valence-electron chi connectivity index (χ0n) is 21.3. The molecule has 1 atom stereocenters. The van der Waals surface area contributed by atoms with Crippen molar-refractivity contribution in [3.05, 3.63) is 71.5 Å². The predicted octanol–water partition coefficient (Wildman–Crippen LogP) is 6.23. The number of rotatable bonds is 7. The van der Waals surface area contributed by atoms with Gasteiger partial charge < -0.3 is 9.30 Å². The van der Waals surface area contributed by atoms with E-state index in [0.717, 1.165) is 23.5 Å². The number of sulfonamides is 1. The minimum absolute atomic E-state index is 0.0265. The quantitative estimate of drug-likeness (QED) is 0.249. The van der Waals surface area contributed by atoms with Crippen molar-refractivity contribution in [2.24, 2.45) is 14.1 Å². The van der Waals surface area contributed by atoms with Crippen molar-refractivity contribution >= 4 is 37.4 Å². The summed E-state index contributed by atoms with van der Waals surface area (Å²) in [6.45, 7) is 1.81. The van der Waals surface area contributed by atoms with E-state index >= 15 is 0 Å². The molecule has 0 aliphatic rings. The summed E-state index contributed by atoms with van der Waals surface area (Å²) in [4.78, 5) is 4.32. The number of nitrogens with one attached hydrogen (secondary N) is 1. The van der Waals surface area contributed by atoms with Gasteiger partial charge in [0.2, 0.25) is 0 Å². The maximum atomic E-state index is 13.6. The molecule has 0 bridgehead atoms. The summed E-state index contributed by atoms with van der Waals surface area (Å²) in [5, 5.41) is 6.75. The fourth-order valence-electron chi connectivity index (χ4n) is 4.37. The van der Waals surface area contributed by atoms with Gasteiger partial charge in [-0.15, -0.1) is 11.3 Å². The molecule has 1 N–H and O–H groups in total. The Labute approximate surface area is 226 Å². The van der Waals surface area contributed by atoms with Crippen molar-refractivity contribution < 1.29 is 26.3 Å². The Morgan fingerprint density at radius 1 is 1.05 bits per heavy atom. The normalized spacial score (nSPS) is 13.2. The number of hydrogen-bond donors (Lipinski definition) is 1. The number of benzene rings is 2. The lowest BCUT2D eigenvalue weighted by Crippen LogP contribution is -2.13. The fraction of sp³-hybridized carbons (Fsp3) is 0.231. The lowest BCUT2D eigenvalue weighted by molar-refractivity contribution is -0.137. The molecule has 0 saturated carbocycles. The molecular weight excluding hydrogens is 551 g/mol.